The van der Waals surface area contributed by atoms with Crippen LogP contribution in [0.1, 0.15) is 51.3 Å². The van der Waals surface area contributed by atoms with Crippen LogP contribution < -0.4 is 5.73 Å². The fourth-order valence-electron chi connectivity index (χ4n) is 2.25. The normalized spacial score (nSPS) is 13.7. The van der Waals surface area contributed by atoms with Crippen molar-refractivity contribution in [2.75, 3.05) is 7.05 Å². The number of carbonyl (C=O) groups excluding carboxylic acids is 1. The van der Waals surface area contributed by atoms with E-state index in [4.69, 9.17) is 5.73 Å². The van der Waals surface area contributed by atoms with Crippen molar-refractivity contribution in [1.29, 1.82) is 0 Å². The molecule has 0 radical (unpaired) electrons. The molecule has 1 heterocycles. The molecular weight excluding hydrogens is 288 g/mol. The number of aromatic nitrogens is 2. The molecule has 0 aliphatic rings. The Morgan fingerprint density at radius 2 is 2.00 bits per heavy atom. The predicted octanol–water partition coefficient (Wildman–Crippen LogP) is 2.30. The van der Waals surface area contributed by atoms with E-state index in [1.54, 1.807) is 9.58 Å². The number of amides is 1. The largest absolute Gasteiger partial charge is 0.340 e. The van der Waals surface area contributed by atoms with E-state index in [1.807, 2.05) is 27.2 Å². The highest BCUT2D eigenvalue weighted by atomic mass is 35.5. The number of nitrogens with two attached hydrogens (primary N) is 1. The van der Waals surface area contributed by atoms with Gasteiger partial charge in [-0.3, -0.25) is 9.48 Å². The lowest BCUT2D eigenvalue weighted by Gasteiger charge is -2.24. The lowest BCUT2D eigenvalue weighted by atomic mass is 9.98. The van der Waals surface area contributed by atoms with Crippen LogP contribution in [0, 0.1) is 5.92 Å². The number of nitrogens with zero attached hydrogens (tertiary/aromatic N) is 3. The second kappa shape index (κ2) is 8.39. The molecule has 1 rings (SSSR count). The van der Waals surface area contributed by atoms with E-state index in [9.17, 15) is 4.79 Å². The minimum absolute atomic E-state index is 0. The van der Waals surface area contributed by atoms with Gasteiger partial charge in [-0.2, -0.15) is 5.10 Å². The zero-order valence-electron chi connectivity index (χ0n) is 14.0. The van der Waals surface area contributed by atoms with Gasteiger partial charge in [-0.15, -0.1) is 12.4 Å². The van der Waals surface area contributed by atoms with Gasteiger partial charge in [-0.05, 0) is 11.8 Å². The van der Waals surface area contributed by atoms with E-state index >= 15 is 0 Å². The van der Waals surface area contributed by atoms with E-state index in [1.165, 1.54) is 0 Å². The maximum Gasteiger partial charge on any atom is 0.239 e. The van der Waals surface area contributed by atoms with Gasteiger partial charge >= 0.3 is 0 Å². The fraction of sp³-hybridized carbons (Fsp3) is 0.733. The van der Waals surface area contributed by atoms with Gasteiger partial charge in [0.15, 0.2) is 0 Å². The zero-order chi connectivity index (χ0) is 15.4. The SMILES string of the molecule is CC[C@H](C)[C@H](N)C(=O)N(C)Cc1cn(C)nc1C(C)C.Cl. The standard InChI is InChI=1S/C15H28N4O.ClH/c1-7-11(4)13(16)15(20)18(5)8-12-9-19(6)17-14(12)10(2)3;/h9-11,13H,7-8,16H2,1-6H3;1H/t11-,13-;/m0./s1. The number of carbonyl (C=O) groups is 1. The van der Waals surface area contributed by atoms with E-state index in [0.717, 1.165) is 17.7 Å². The summed E-state index contributed by atoms with van der Waals surface area (Å²) < 4.78 is 1.80. The van der Waals surface area contributed by atoms with Crippen molar-refractivity contribution >= 4 is 18.3 Å². The topological polar surface area (TPSA) is 64.2 Å². The Labute approximate surface area is 134 Å². The summed E-state index contributed by atoms with van der Waals surface area (Å²) in [6, 6.07) is -0.427. The second-order valence-corrected chi connectivity index (χ2v) is 5.97. The van der Waals surface area contributed by atoms with Gasteiger partial charge in [-0.1, -0.05) is 34.1 Å². The van der Waals surface area contributed by atoms with Crippen molar-refractivity contribution in [3.63, 3.8) is 0 Å². The summed E-state index contributed by atoms with van der Waals surface area (Å²) >= 11 is 0. The third kappa shape index (κ3) is 5.00. The fourth-order valence-corrected chi connectivity index (χ4v) is 2.25. The molecule has 0 saturated heterocycles. The van der Waals surface area contributed by atoms with E-state index in [2.05, 4.69) is 25.9 Å². The molecule has 21 heavy (non-hydrogen) atoms. The van der Waals surface area contributed by atoms with Crippen molar-refractivity contribution in [3.05, 3.63) is 17.5 Å². The molecular formula is C15H29ClN4O. The Bertz CT molecular complexity index is 459. The molecule has 0 spiro atoms. The molecule has 1 aromatic heterocycles. The lowest BCUT2D eigenvalue weighted by Crippen LogP contribution is -2.45. The maximum absolute atomic E-state index is 12.3. The predicted molar refractivity (Wildman–Crippen MR) is 88.4 cm³/mol. The summed E-state index contributed by atoms with van der Waals surface area (Å²) in [5.41, 5.74) is 8.15. The molecule has 0 unspecified atom stereocenters. The van der Waals surface area contributed by atoms with E-state index in [0.29, 0.717) is 12.5 Å². The first-order chi connectivity index (χ1) is 9.27. The highest BCUT2D eigenvalue weighted by Gasteiger charge is 2.24. The Morgan fingerprint density at radius 1 is 1.43 bits per heavy atom. The van der Waals surface area contributed by atoms with Crippen LogP contribution in [-0.4, -0.2) is 33.7 Å². The van der Waals surface area contributed by atoms with Crippen LogP contribution in [0.5, 0.6) is 0 Å². The smallest absolute Gasteiger partial charge is 0.239 e. The van der Waals surface area contributed by atoms with Crippen molar-refractivity contribution in [2.24, 2.45) is 18.7 Å². The van der Waals surface area contributed by atoms with Crippen LogP contribution in [-0.2, 0) is 18.4 Å². The average molecular weight is 317 g/mol. The molecule has 1 aromatic rings. The van der Waals surface area contributed by atoms with Crippen molar-refractivity contribution in [2.45, 2.75) is 52.6 Å². The summed E-state index contributed by atoms with van der Waals surface area (Å²) in [5, 5.41) is 4.47. The van der Waals surface area contributed by atoms with E-state index < -0.39 is 6.04 Å². The summed E-state index contributed by atoms with van der Waals surface area (Å²) in [6.07, 6.45) is 2.89. The summed E-state index contributed by atoms with van der Waals surface area (Å²) in [6.45, 7) is 8.84. The molecule has 122 valence electrons. The molecule has 2 N–H and O–H groups in total. The molecule has 0 bridgehead atoms. The van der Waals surface area contributed by atoms with Gasteiger partial charge < -0.3 is 10.6 Å². The van der Waals surface area contributed by atoms with Crippen LogP contribution in [0.3, 0.4) is 0 Å². The lowest BCUT2D eigenvalue weighted by molar-refractivity contribution is -0.132. The minimum atomic E-state index is -0.427. The maximum atomic E-state index is 12.3. The molecule has 0 aromatic carbocycles. The molecule has 0 fully saturated rings. The zero-order valence-corrected chi connectivity index (χ0v) is 14.8. The molecule has 0 saturated carbocycles. The molecule has 5 nitrogen and oxygen atoms in total. The number of halogens is 1. The van der Waals surface area contributed by atoms with Gasteiger partial charge in [0.2, 0.25) is 5.91 Å². The number of rotatable bonds is 6. The van der Waals surface area contributed by atoms with Crippen molar-refractivity contribution < 1.29 is 4.79 Å². The van der Waals surface area contributed by atoms with Crippen molar-refractivity contribution in [1.82, 2.24) is 14.7 Å². The second-order valence-electron chi connectivity index (χ2n) is 5.97. The Hall–Kier alpha value is -1.07. The minimum Gasteiger partial charge on any atom is -0.340 e. The Balaban J connectivity index is 0.00000400. The van der Waals surface area contributed by atoms with Gasteiger partial charge in [-0.25, -0.2) is 0 Å². The van der Waals surface area contributed by atoms with Crippen molar-refractivity contribution in [3.8, 4) is 0 Å². The Morgan fingerprint density at radius 3 is 2.48 bits per heavy atom. The number of hydrogen-bond acceptors (Lipinski definition) is 3. The van der Waals surface area contributed by atoms with Crippen LogP contribution in [0.4, 0.5) is 0 Å². The highest BCUT2D eigenvalue weighted by Crippen LogP contribution is 2.19. The molecule has 6 heteroatoms. The first kappa shape index (κ1) is 19.9. The molecule has 2 atom stereocenters. The van der Waals surface area contributed by atoms with Crippen LogP contribution >= 0.6 is 12.4 Å². The Kier molecular flexibility index (Phi) is 7.96. The highest BCUT2D eigenvalue weighted by molar-refractivity contribution is 5.85. The summed E-state index contributed by atoms with van der Waals surface area (Å²) in [4.78, 5) is 14.0. The molecule has 0 aliphatic heterocycles. The first-order valence-corrected chi connectivity index (χ1v) is 7.30. The van der Waals surface area contributed by atoms with Crippen LogP contribution in [0.2, 0.25) is 0 Å². The van der Waals surface area contributed by atoms with Gasteiger partial charge in [0.25, 0.3) is 0 Å². The van der Waals surface area contributed by atoms with Crippen LogP contribution in [0.25, 0.3) is 0 Å². The monoisotopic (exact) mass is 316 g/mol. The average Bonchev–Trinajstić information content (AvgIpc) is 2.76. The third-order valence-electron chi connectivity index (χ3n) is 3.81. The van der Waals surface area contributed by atoms with Gasteiger partial charge in [0.1, 0.15) is 0 Å². The molecule has 1 amide bonds. The van der Waals surface area contributed by atoms with Crippen LogP contribution in [0.15, 0.2) is 6.20 Å². The number of likely N-dealkylation sites (N-methyl/N-ethyl adjacent to an activating group) is 1. The summed E-state index contributed by atoms with van der Waals surface area (Å²) in [7, 11) is 3.71. The van der Waals surface area contributed by atoms with Gasteiger partial charge in [0, 0.05) is 32.4 Å². The van der Waals surface area contributed by atoms with Gasteiger partial charge in [0.05, 0.1) is 11.7 Å². The molecule has 0 aliphatic carbocycles. The van der Waals surface area contributed by atoms with E-state index in [-0.39, 0.29) is 24.2 Å². The number of hydrogen-bond donors (Lipinski definition) is 1. The quantitative estimate of drug-likeness (QED) is 0.876. The summed E-state index contributed by atoms with van der Waals surface area (Å²) in [5.74, 6) is 0.541. The first-order valence-electron chi connectivity index (χ1n) is 7.30. The third-order valence-corrected chi connectivity index (χ3v) is 3.81. The number of aryl methyl sites for hydroxylation is 1.